The van der Waals surface area contributed by atoms with Crippen LogP contribution >= 0.6 is 11.6 Å². The summed E-state index contributed by atoms with van der Waals surface area (Å²) in [5.41, 5.74) is 0.512. The highest BCUT2D eigenvalue weighted by molar-refractivity contribution is 6.30. The zero-order valence-electron chi connectivity index (χ0n) is 8.83. The van der Waals surface area contributed by atoms with Crippen LogP contribution in [0.15, 0.2) is 18.2 Å². The van der Waals surface area contributed by atoms with Crippen molar-refractivity contribution in [2.45, 2.75) is 0 Å². The predicted molar refractivity (Wildman–Crippen MR) is 60.2 cm³/mol. The van der Waals surface area contributed by atoms with Crippen LogP contribution in [0.1, 0.15) is 5.56 Å². The molecule has 1 aromatic rings. The largest absolute Gasteiger partial charge is 0.491 e. The maximum atomic E-state index is 8.83. The molecule has 3 nitrogen and oxygen atoms in total. The van der Waals surface area contributed by atoms with Crippen LogP contribution in [0.25, 0.3) is 0 Å². The zero-order chi connectivity index (χ0) is 11.3. The number of rotatable bonds is 4. The fraction of sp³-hybridized carbons (Fsp3) is 0.364. The summed E-state index contributed by atoms with van der Waals surface area (Å²) in [5.74, 6) is 0.548. The Labute approximate surface area is 94.8 Å². The van der Waals surface area contributed by atoms with E-state index in [2.05, 4.69) is 6.07 Å². The maximum absolute atomic E-state index is 8.83. The van der Waals surface area contributed by atoms with Gasteiger partial charge in [0.25, 0.3) is 0 Å². The number of nitrogens with zero attached hydrogens (tertiary/aromatic N) is 2. The van der Waals surface area contributed by atoms with E-state index in [-0.39, 0.29) is 0 Å². The first-order chi connectivity index (χ1) is 7.13. The number of likely N-dealkylation sites (N-methyl/N-ethyl adjacent to an activating group) is 1. The second-order valence-electron chi connectivity index (χ2n) is 3.40. The normalized spacial score (nSPS) is 10.1. The first kappa shape index (κ1) is 11.8. The van der Waals surface area contributed by atoms with Crippen molar-refractivity contribution < 1.29 is 4.74 Å². The lowest BCUT2D eigenvalue weighted by Gasteiger charge is -2.11. The highest BCUT2D eigenvalue weighted by atomic mass is 35.5. The van der Waals surface area contributed by atoms with Crippen LogP contribution in [0.5, 0.6) is 5.75 Å². The molecule has 0 radical (unpaired) electrons. The Morgan fingerprint density at radius 1 is 1.47 bits per heavy atom. The Balaban J connectivity index is 2.67. The average molecular weight is 225 g/mol. The number of hydrogen-bond acceptors (Lipinski definition) is 3. The lowest BCUT2D eigenvalue weighted by molar-refractivity contribution is 0.261. The van der Waals surface area contributed by atoms with Crippen LogP contribution < -0.4 is 4.74 Å². The highest BCUT2D eigenvalue weighted by Crippen LogP contribution is 2.22. The summed E-state index contributed by atoms with van der Waals surface area (Å²) in [6.07, 6.45) is 0. The molecule has 0 aromatic heterocycles. The minimum Gasteiger partial charge on any atom is -0.491 e. The third-order valence-electron chi connectivity index (χ3n) is 1.86. The van der Waals surface area contributed by atoms with E-state index in [1.54, 1.807) is 18.2 Å². The molecule has 0 atom stereocenters. The average Bonchev–Trinajstić information content (AvgIpc) is 2.17. The topological polar surface area (TPSA) is 36.3 Å². The first-order valence-electron chi connectivity index (χ1n) is 4.60. The molecule has 1 aromatic carbocycles. The molecular weight excluding hydrogens is 212 g/mol. The number of halogens is 1. The summed E-state index contributed by atoms with van der Waals surface area (Å²) in [5, 5.41) is 9.41. The fourth-order valence-corrected chi connectivity index (χ4v) is 1.21. The van der Waals surface area contributed by atoms with E-state index >= 15 is 0 Å². The van der Waals surface area contributed by atoms with Crippen molar-refractivity contribution in [2.24, 2.45) is 0 Å². The minimum absolute atomic E-state index is 0.512. The van der Waals surface area contributed by atoms with Gasteiger partial charge >= 0.3 is 0 Å². The summed E-state index contributed by atoms with van der Waals surface area (Å²) in [4.78, 5) is 2.01. The van der Waals surface area contributed by atoms with Gasteiger partial charge in [0.05, 0.1) is 5.56 Å². The molecule has 1 rings (SSSR count). The van der Waals surface area contributed by atoms with Crippen LogP contribution in [0, 0.1) is 11.3 Å². The van der Waals surface area contributed by atoms with Gasteiger partial charge in [-0.3, -0.25) is 0 Å². The van der Waals surface area contributed by atoms with E-state index in [0.717, 1.165) is 6.54 Å². The Bertz CT molecular complexity index is 371. The van der Waals surface area contributed by atoms with E-state index in [9.17, 15) is 0 Å². The van der Waals surface area contributed by atoms with Crippen LogP contribution in [0.2, 0.25) is 5.02 Å². The molecular formula is C11H13ClN2O. The maximum Gasteiger partial charge on any atom is 0.138 e. The third-order valence-corrected chi connectivity index (χ3v) is 2.10. The Morgan fingerprint density at radius 2 is 2.20 bits per heavy atom. The van der Waals surface area contributed by atoms with Crippen molar-refractivity contribution in [3.8, 4) is 11.8 Å². The first-order valence-corrected chi connectivity index (χ1v) is 4.98. The molecule has 15 heavy (non-hydrogen) atoms. The number of hydrogen-bond donors (Lipinski definition) is 0. The lowest BCUT2D eigenvalue weighted by Crippen LogP contribution is -2.19. The summed E-state index contributed by atoms with van der Waals surface area (Å²) >= 11 is 5.82. The van der Waals surface area contributed by atoms with Gasteiger partial charge in [-0.15, -0.1) is 0 Å². The van der Waals surface area contributed by atoms with Crippen LogP contribution in [-0.4, -0.2) is 32.1 Å². The smallest absolute Gasteiger partial charge is 0.138 e. The quantitative estimate of drug-likeness (QED) is 0.787. The van der Waals surface area contributed by atoms with E-state index in [0.29, 0.717) is 22.9 Å². The number of ether oxygens (including phenoxy) is 1. The lowest BCUT2D eigenvalue weighted by atomic mass is 10.2. The van der Waals surface area contributed by atoms with Crippen molar-refractivity contribution in [2.75, 3.05) is 27.2 Å². The van der Waals surface area contributed by atoms with E-state index in [4.69, 9.17) is 21.6 Å². The Morgan fingerprint density at radius 3 is 2.80 bits per heavy atom. The highest BCUT2D eigenvalue weighted by Gasteiger charge is 2.03. The fourth-order valence-electron chi connectivity index (χ4n) is 1.05. The molecule has 0 heterocycles. The molecule has 0 amide bonds. The molecule has 0 unspecified atom stereocenters. The molecule has 0 spiro atoms. The van der Waals surface area contributed by atoms with Gasteiger partial charge in [0.1, 0.15) is 18.4 Å². The van der Waals surface area contributed by atoms with Crippen molar-refractivity contribution in [3.05, 3.63) is 28.8 Å². The molecule has 0 bridgehead atoms. The summed E-state index contributed by atoms with van der Waals surface area (Å²) in [6.45, 7) is 1.35. The molecule has 0 saturated carbocycles. The van der Waals surface area contributed by atoms with Crippen LogP contribution in [0.4, 0.5) is 0 Å². The Kier molecular flexibility index (Phi) is 4.41. The van der Waals surface area contributed by atoms with Crippen molar-refractivity contribution in [1.29, 1.82) is 5.26 Å². The van der Waals surface area contributed by atoms with Crippen molar-refractivity contribution in [1.82, 2.24) is 4.90 Å². The van der Waals surface area contributed by atoms with Gasteiger partial charge in [-0.05, 0) is 26.2 Å². The van der Waals surface area contributed by atoms with Gasteiger partial charge in [0, 0.05) is 17.6 Å². The predicted octanol–water partition coefficient (Wildman–Crippen LogP) is 2.15. The molecule has 80 valence electrons. The van der Waals surface area contributed by atoms with Gasteiger partial charge < -0.3 is 9.64 Å². The summed E-state index contributed by atoms with van der Waals surface area (Å²) < 4.78 is 5.47. The van der Waals surface area contributed by atoms with Crippen LogP contribution in [-0.2, 0) is 0 Å². The second-order valence-corrected chi connectivity index (χ2v) is 3.84. The van der Waals surface area contributed by atoms with Gasteiger partial charge in [-0.2, -0.15) is 5.26 Å². The SMILES string of the molecule is CN(C)CCOc1cc(Cl)ccc1C#N. The van der Waals surface area contributed by atoms with Crippen LogP contribution in [0.3, 0.4) is 0 Å². The van der Waals surface area contributed by atoms with Crippen molar-refractivity contribution in [3.63, 3.8) is 0 Å². The van der Waals surface area contributed by atoms with Gasteiger partial charge in [-0.1, -0.05) is 11.6 Å². The molecule has 0 fully saturated rings. The van der Waals surface area contributed by atoms with Gasteiger partial charge in [0.15, 0.2) is 0 Å². The molecule has 0 N–H and O–H groups in total. The molecule has 0 aliphatic rings. The molecule has 4 heteroatoms. The van der Waals surface area contributed by atoms with Crippen molar-refractivity contribution >= 4 is 11.6 Å². The molecule has 0 aliphatic heterocycles. The third kappa shape index (κ3) is 3.78. The van der Waals surface area contributed by atoms with E-state index in [1.165, 1.54) is 0 Å². The van der Waals surface area contributed by atoms with Gasteiger partial charge in [0.2, 0.25) is 0 Å². The molecule has 0 saturated heterocycles. The second kappa shape index (κ2) is 5.59. The van der Waals surface area contributed by atoms with E-state index < -0.39 is 0 Å². The molecule has 0 aliphatic carbocycles. The number of benzene rings is 1. The monoisotopic (exact) mass is 224 g/mol. The summed E-state index contributed by atoms with van der Waals surface area (Å²) in [7, 11) is 3.93. The summed E-state index contributed by atoms with van der Waals surface area (Å²) in [6, 6.07) is 7.07. The Hall–Kier alpha value is -1.24. The van der Waals surface area contributed by atoms with E-state index in [1.807, 2.05) is 19.0 Å². The standard InChI is InChI=1S/C11H13ClN2O/c1-14(2)5-6-15-11-7-10(12)4-3-9(11)8-13/h3-4,7H,5-6H2,1-2H3. The number of nitriles is 1. The zero-order valence-corrected chi connectivity index (χ0v) is 9.58. The van der Waals surface area contributed by atoms with Gasteiger partial charge in [-0.25, -0.2) is 0 Å². The minimum atomic E-state index is 0.512.